The second-order valence-electron chi connectivity index (χ2n) is 10.0. The molecule has 1 fully saturated rings. The minimum Gasteiger partial charge on any atom is -0.481 e. The second kappa shape index (κ2) is 15.9. The Morgan fingerprint density at radius 1 is 0.933 bits per heavy atom. The summed E-state index contributed by atoms with van der Waals surface area (Å²) >= 11 is 0. The van der Waals surface area contributed by atoms with E-state index in [4.69, 9.17) is 9.57 Å². The fourth-order valence-electron chi connectivity index (χ4n) is 4.54. The zero-order chi connectivity index (χ0) is 32.2. The quantitative estimate of drug-likeness (QED) is 0.254. The summed E-state index contributed by atoms with van der Waals surface area (Å²) in [5.74, 6) is -2.47. The number of ether oxygens (including phenoxy) is 1. The molecule has 14 nitrogen and oxygen atoms in total. The number of hydrogen-bond acceptors (Lipinski definition) is 10. The molecule has 1 aliphatic heterocycles. The molecule has 0 unspecified atom stereocenters. The first kappa shape index (κ1) is 32.5. The van der Waals surface area contributed by atoms with Crippen molar-refractivity contribution in [1.82, 2.24) is 25.2 Å². The predicted octanol–water partition coefficient (Wildman–Crippen LogP) is 2.52. The van der Waals surface area contributed by atoms with Crippen LogP contribution in [0.2, 0.25) is 0 Å². The highest BCUT2D eigenvalue weighted by atomic mass is 16.8. The van der Waals surface area contributed by atoms with E-state index in [0.717, 1.165) is 5.56 Å². The highest BCUT2D eigenvalue weighted by Crippen LogP contribution is 2.19. The van der Waals surface area contributed by atoms with Gasteiger partial charge >= 0.3 is 12.1 Å². The van der Waals surface area contributed by atoms with Crippen LogP contribution in [-0.2, 0) is 30.4 Å². The van der Waals surface area contributed by atoms with Crippen LogP contribution in [0.4, 0.5) is 10.6 Å². The van der Waals surface area contributed by atoms with Crippen LogP contribution in [0.5, 0.6) is 0 Å². The van der Waals surface area contributed by atoms with Gasteiger partial charge in [-0.3, -0.25) is 19.2 Å². The van der Waals surface area contributed by atoms with Crippen LogP contribution in [0.1, 0.15) is 35.8 Å². The number of anilines is 1. The Morgan fingerprint density at radius 2 is 1.60 bits per heavy atom. The summed E-state index contributed by atoms with van der Waals surface area (Å²) in [6.07, 6.45) is -1.31. The van der Waals surface area contributed by atoms with Crippen LogP contribution in [0.3, 0.4) is 0 Å². The standard InChI is InChI=1S/C31H34N6O8/c1-2-44-31(43)45-37-17-15-36(16-18-37)30(42)23(13-14-27(39)40)33-29(41)24-20-25(34-26(38)19-21-9-5-3-6-10-21)35-28(32-24)22-11-7-4-8-12-22/h3-12,20,23H,2,13-19H2,1H3,(H,33,41)(H,39,40)(H,32,34,35,38)/t23-/m0/s1. The van der Waals surface area contributed by atoms with E-state index < -0.39 is 30.0 Å². The van der Waals surface area contributed by atoms with Crippen LogP contribution in [-0.4, -0.2) is 93.7 Å². The molecule has 0 aliphatic carbocycles. The van der Waals surface area contributed by atoms with E-state index in [1.54, 1.807) is 31.2 Å². The highest BCUT2D eigenvalue weighted by Gasteiger charge is 2.31. The van der Waals surface area contributed by atoms with Gasteiger partial charge in [-0.1, -0.05) is 60.7 Å². The number of hydroxylamine groups is 2. The van der Waals surface area contributed by atoms with Crippen LogP contribution in [0, 0.1) is 0 Å². The van der Waals surface area contributed by atoms with Crippen molar-refractivity contribution < 1.29 is 38.7 Å². The van der Waals surface area contributed by atoms with Gasteiger partial charge in [-0.05, 0) is 18.9 Å². The van der Waals surface area contributed by atoms with E-state index in [9.17, 15) is 29.1 Å². The number of benzene rings is 2. The maximum Gasteiger partial charge on any atom is 0.527 e. The highest BCUT2D eigenvalue weighted by molar-refractivity contribution is 5.98. The van der Waals surface area contributed by atoms with Gasteiger partial charge in [0.1, 0.15) is 17.6 Å². The van der Waals surface area contributed by atoms with Crippen LogP contribution < -0.4 is 10.6 Å². The maximum absolute atomic E-state index is 13.5. The molecule has 0 saturated carbocycles. The number of aromatic nitrogens is 2. The van der Waals surface area contributed by atoms with Gasteiger partial charge in [0.2, 0.25) is 11.8 Å². The molecular weight excluding hydrogens is 584 g/mol. The van der Waals surface area contributed by atoms with Crippen molar-refractivity contribution in [3.8, 4) is 11.4 Å². The summed E-state index contributed by atoms with van der Waals surface area (Å²) in [4.78, 5) is 78.1. The number of nitrogens with one attached hydrogen (secondary N) is 2. The SMILES string of the molecule is CCOC(=O)ON1CCN(C(=O)[C@H](CCC(=O)O)NC(=O)c2cc(NC(=O)Cc3ccccc3)nc(-c3ccccc3)n2)CC1. The Labute approximate surface area is 259 Å². The monoisotopic (exact) mass is 618 g/mol. The van der Waals surface area contributed by atoms with E-state index in [2.05, 4.69) is 20.6 Å². The minimum atomic E-state index is -1.18. The Hall–Kier alpha value is -5.37. The van der Waals surface area contributed by atoms with Gasteiger partial charge in [0.15, 0.2) is 5.82 Å². The van der Waals surface area contributed by atoms with Gasteiger partial charge in [-0.15, -0.1) is 5.06 Å². The first-order valence-electron chi connectivity index (χ1n) is 14.4. The van der Waals surface area contributed by atoms with Gasteiger partial charge in [0.25, 0.3) is 5.91 Å². The predicted molar refractivity (Wildman–Crippen MR) is 161 cm³/mol. The molecule has 2 heterocycles. The number of hydrogen-bond donors (Lipinski definition) is 3. The molecule has 3 N–H and O–H groups in total. The number of carboxylic acids is 1. The third-order valence-electron chi connectivity index (χ3n) is 6.73. The lowest BCUT2D eigenvalue weighted by atomic mass is 10.1. The van der Waals surface area contributed by atoms with Gasteiger partial charge < -0.3 is 30.2 Å². The molecule has 0 bridgehead atoms. The molecule has 1 aliphatic rings. The fourth-order valence-corrected chi connectivity index (χ4v) is 4.54. The lowest BCUT2D eigenvalue weighted by Crippen LogP contribution is -2.55. The zero-order valence-corrected chi connectivity index (χ0v) is 24.7. The van der Waals surface area contributed by atoms with Crippen molar-refractivity contribution in [3.05, 3.63) is 78.0 Å². The molecule has 0 spiro atoms. The van der Waals surface area contributed by atoms with Crippen LogP contribution in [0.15, 0.2) is 66.7 Å². The molecule has 1 aromatic heterocycles. The molecule has 3 aromatic rings. The summed E-state index contributed by atoms with van der Waals surface area (Å²) in [6.45, 7) is 2.53. The van der Waals surface area contributed by atoms with E-state index in [1.165, 1.54) is 16.0 Å². The first-order valence-corrected chi connectivity index (χ1v) is 14.4. The number of rotatable bonds is 12. The Kier molecular flexibility index (Phi) is 11.5. The summed E-state index contributed by atoms with van der Waals surface area (Å²) in [5.41, 5.74) is 1.25. The largest absolute Gasteiger partial charge is 0.527 e. The normalized spacial score (nSPS) is 13.8. The zero-order valence-electron chi connectivity index (χ0n) is 24.7. The topological polar surface area (TPSA) is 180 Å². The first-order chi connectivity index (χ1) is 21.7. The molecule has 0 radical (unpaired) electrons. The van der Waals surface area contributed by atoms with E-state index >= 15 is 0 Å². The lowest BCUT2D eigenvalue weighted by Gasteiger charge is -2.35. The molecule has 236 valence electrons. The van der Waals surface area contributed by atoms with Gasteiger partial charge in [-0.2, -0.15) is 0 Å². The van der Waals surface area contributed by atoms with E-state index in [1.807, 2.05) is 36.4 Å². The number of piperazine rings is 1. The van der Waals surface area contributed by atoms with Gasteiger partial charge in [0.05, 0.1) is 26.1 Å². The molecule has 1 atom stereocenters. The van der Waals surface area contributed by atoms with Crippen molar-refractivity contribution >= 4 is 35.7 Å². The molecule has 1 saturated heterocycles. The van der Waals surface area contributed by atoms with Crippen molar-refractivity contribution in [2.45, 2.75) is 32.2 Å². The third-order valence-corrected chi connectivity index (χ3v) is 6.73. The maximum atomic E-state index is 13.5. The molecular formula is C31H34N6O8. The number of carbonyl (C=O) groups is 5. The van der Waals surface area contributed by atoms with Gasteiger partial charge in [0, 0.05) is 31.1 Å². The molecule has 14 heteroatoms. The summed E-state index contributed by atoms with van der Waals surface area (Å²) in [7, 11) is 0. The summed E-state index contributed by atoms with van der Waals surface area (Å²) < 4.78 is 4.77. The van der Waals surface area contributed by atoms with Crippen molar-refractivity contribution in [2.75, 3.05) is 38.1 Å². The minimum absolute atomic E-state index is 0.0803. The van der Waals surface area contributed by atoms with Crippen LogP contribution in [0.25, 0.3) is 11.4 Å². The molecule has 3 amide bonds. The van der Waals surface area contributed by atoms with Crippen molar-refractivity contribution in [1.29, 1.82) is 0 Å². The average Bonchev–Trinajstić information content (AvgIpc) is 3.03. The number of carbonyl (C=O) groups excluding carboxylic acids is 4. The lowest BCUT2D eigenvalue weighted by molar-refractivity contribution is -0.157. The number of carboxylic acid groups (broad SMARTS) is 1. The fraction of sp³-hybridized carbons (Fsp3) is 0.323. The summed E-state index contributed by atoms with van der Waals surface area (Å²) in [6, 6.07) is 18.1. The molecule has 2 aromatic carbocycles. The Bertz CT molecular complexity index is 1500. The van der Waals surface area contributed by atoms with Crippen LogP contribution >= 0.6 is 0 Å². The smallest absolute Gasteiger partial charge is 0.481 e. The summed E-state index contributed by atoms with van der Waals surface area (Å²) in [5, 5.41) is 16.0. The third kappa shape index (κ3) is 9.83. The number of amides is 3. The van der Waals surface area contributed by atoms with E-state index in [0.29, 0.717) is 5.56 Å². The van der Waals surface area contributed by atoms with Gasteiger partial charge in [-0.25, -0.2) is 14.8 Å². The van der Waals surface area contributed by atoms with E-state index in [-0.39, 0.29) is 75.3 Å². The van der Waals surface area contributed by atoms with Crippen molar-refractivity contribution in [2.24, 2.45) is 0 Å². The molecule has 45 heavy (non-hydrogen) atoms. The Morgan fingerprint density at radius 3 is 2.24 bits per heavy atom. The second-order valence-corrected chi connectivity index (χ2v) is 10.0. The van der Waals surface area contributed by atoms with Crippen molar-refractivity contribution in [3.63, 3.8) is 0 Å². The molecule has 4 rings (SSSR count). The number of aliphatic carboxylic acids is 1. The average molecular weight is 619 g/mol. The number of nitrogens with zero attached hydrogens (tertiary/aromatic N) is 4. The Balaban J connectivity index is 1.51.